The van der Waals surface area contributed by atoms with Crippen LogP contribution in [0, 0.1) is 11.3 Å². The summed E-state index contributed by atoms with van der Waals surface area (Å²) in [6.07, 6.45) is 0. The Balaban J connectivity index is 3.57. The molecule has 0 aromatic rings. The molecule has 4 heteroatoms. The summed E-state index contributed by atoms with van der Waals surface area (Å²) in [5.74, 6) is -0.317. The van der Waals surface area contributed by atoms with E-state index in [1.165, 1.54) is 0 Å². The molecule has 0 amide bonds. The van der Waals surface area contributed by atoms with Gasteiger partial charge >= 0.3 is 5.97 Å². The summed E-state index contributed by atoms with van der Waals surface area (Å²) in [6, 6.07) is 1.48. The lowest BCUT2D eigenvalue weighted by Gasteiger charge is -2.08. The molecule has 0 aliphatic heterocycles. The van der Waals surface area contributed by atoms with E-state index in [2.05, 4.69) is 10.1 Å². The Morgan fingerprint density at radius 2 is 2.45 bits per heavy atom. The molecule has 0 aromatic carbocycles. The maximum atomic E-state index is 10.9. The molecule has 0 heterocycles. The molecule has 0 fully saturated rings. The molecule has 0 unspecified atom stereocenters. The monoisotopic (exact) mass is 156 g/mol. The molecular formula is C7H12N2O2. The van der Waals surface area contributed by atoms with Gasteiger partial charge in [-0.3, -0.25) is 10.1 Å². The molecule has 4 nitrogen and oxygen atoms in total. The molecule has 1 N–H and O–H groups in total. The molecule has 0 spiro atoms. The van der Waals surface area contributed by atoms with Gasteiger partial charge < -0.3 is 4.74 Å². The van der Waals surface area contributed by atoms with Crippen LogP contribution in [0.5, 0.6) is 0 Å². The van der Waals surface area contributed by atoms with E-state index in [0.717, 1.165) is 0 Å². The highest BCUT2D eigenvalue weighted by atomic mass is 16.5. The Bertz CT molecular complexity index is 162. The third-order valence-electron chi connectivity index (χ3n) is 1.13. The zero-order chi connectivity index (χ0) is 8.69. The molecule has 0 radical (unpaired) electrons. The Kier molecular flexibility index (Phi) is 5.13. The molecule has 0 aromatic heterocycles. The van der Waals surface area contributed by atoms with Crippen LogP contribution in [0.3, 0.4) is 0 Å². The highest BCUT2D eigenvalue weighted by Crippen LogP contribution is 1.86. The predicted molar refractivity (Wildman–Crippen MR) is 39.7 cm³/mol. The van der Waals surface area contributed by atoms with E-state index in [0.29, 0.717) is 6.61 Å². The lowest BCUT2D eigenvalue weighted by Crippen LogP contribution is -2.35. The summed E-state index contributed by atoms with van der Waals surface area (Å²) in [7, 11) is 0. The van der Waals surface area contributed by atoms with Gasteiger partial charge in [0.2, 0.25) is 0 Å². The number of hydrogen-bond acceptors (Lipinski definition) is 4. The maximum Gasteiger partial charge on any atom is 0.322 e. The van der Waals surface area contributed by atoms with Crippen LogP contribution in [-0.2, 0) is 9.53 Å². The molecule has 11 heavy (non-hydrogen) atoms. The number of esters is 1. The second-order valence-corrected chi connectivity index (χ2v) is 2.01. The van der Waals surface area contributed by atoms with Gasteiger partial charge in [0.05, 0.1) is 19.2 Å². The normalized spacial score (nSPS) is 11.7. The van der Waals surface area contributed by atoms with E-state index >= 15 is 0 Å². The second-order valence-electron chi connectivity index (χ2n) is 2.01. The van der Waals surface area contributed by atoms with Crippen LogP contribution in [-0.4, -0.2) is 25.2 Å². The summed E-state index contributed by atoms with van der Waals surface area (Å²) in [5.41, 5.74) is 0. The van der Waals surface area contributed by atoms with E-state index in [1.54, 1.807) is 13.8 Å². The number of nitrogens with one attached hydrogen (secondary N) is 1. The summed E-state index contributed by atoms with van der Waals surface area (Å²) in [4.78, 5) is 10.9. The van der Waals surface area contributed by atoms with E-state index in [9.17, 15) is 4.79 Å². The van der Waals surface area contributed by atoms with Crippen LogP contribution >= 0.6 is 0 Å². The van der Waals surface area contributed by atoms with E-state index < -0.39 is 6.04 Å². The third kappa shape index (κ3) is 4.34. The van der Waals surface area contributed by atoms with Gasteiger partial charge in [0.1, 0.15) is 6.04 Å². The summed E-state index contributed by atoms with van der Waals surface area (Å²) >= 11 is 0. The predicted octanol–water partition coefficient (Wildman–Crippen LogP) is 0.0512. The molecule has 0 aliphatic rings. The average molecular weight is 156 g/mol. The van der Waals surface area contributed by atoms with Crippen molar-refractivity contribution in [3.8, 4) is 6.07 Å². The minimum atomic E-state index is -0.394. The van der Waals surface area contributed by atoms with Gasteiger partial charge in [0, 0.05) is 0 Å². The first-order chi connectivity index (χ1) is 5.22. The number of ether oxygens (including phenoxy) is 1. The minimum Gasteiger partial charge on any atom is -0.465 e. The van der Waals surface area contributed by atoms with Crippen molar-refractivity contribution < 1.29 is 9.53 Å². The number of hydrogen-bond donors (Lipinski definition) is 1. The number of carbonyl (C=O) groups excluding carboxylic acids is 1. The van der Waals surface area contributed by atoms with Crippen LogP contribution in [0.2, 0.25) is 0 Å². The van der Waals surface area contributed by atoms with Gasteiger partial charge in [-0.15, -0.1) is 0 Å². The Morgan fingerprint density at radius 3 is 2.91 bits per heavy atom. The molecule has 0 bridgehead atoms. The zero-order valence-electron chi connectivity index (χ0n) is 6.76. The average Bonchev–Trinajstić information content (AvgIpc) is 2.00. The van der Waals surface area contributed by atoms with Gasteiger partial charge in [-0.1, -0.05) is 0 Å². The fourth-order valence-corrected chi connectivity index (χ4v) is 0.549. The van der Waals surface area contributed by atoms with E-state index in [-0.39, 0.29) is 12.5 Å². The van der Waals surface area contributed by atoms with Gasteiger partial charge in [0.25, 0.3) is 0 Å². The van der Waals surface area contributed by atoms with E-state index in [4.69, 9.17) is 5.26 Å². The van der Waals surface area contributed by atoms with Crippen molar-refractivity contribution in [2.45, 2.75) is 19.9 Å². The molecule has 0 saturated carbocycles. The first-order valence-corrected chi connectivity index (χ1v) is 3.49. The van der Waals surface area contributed by atoms with Gasteiger partial charge in [-0.25, -0.2) is 0 Å². The first kappa shape index (κ1) is 9.92. The van der Waals surface area contributed by atoms with Crippen LogP contribution in [0.15, 0.2) is 0 Å². The van der Waals surface area contributed by atoms with Crippen LogP contribution < -0.4 is 5.32 Å². The van der Waals surface area contributed by atoms with Crippen LogP contribution in [0.4, 0.5) is 0 Å². The van der Waals surface area contributed by atoms with Crippen molar-refractivity contribution in [1.29, 1.82) is 5.26 Å². The van der Waals surface area contributed by atoms with Crippen molar-refractivity contribution in [2.75, 3.05) is 13.2 Å². The smallest absolute Gasteiger partial charge is 0.322 e. The van der Waals surface area contributed by atoms with E-state index in [1.807, 2.05) is 6.07 Å². The largest absolute Gasteiger partial charge is 0.465 e. The van der Waals surface area contributed by atoms with Crippen molar-refractivity contribution in [2.24, 2.45) is 0 Å². The number of nitriles is 1. The number of carbonyl (C=O) groups is 1. The SMILES string of the molecule is CCOC(=O)[C@H](C)NCC#N. The fourth-order valence-electron chi connectivity index (χ4n) is 0.549. The standard InChI is InChI=1S/C7H12N2O2/c1-3-11-7(10)6(2)9-5-4-8/h6,9H,3,5H2,1-2H3/t6-/m0/s1. The van der Waals surface area contributed by atoms with Crippen molar-refractivity contribution in [1.82, 2.24) is 5.32 Å². The Morgan fingerprint density at radius 1 is 1.82 bits per heavy atom. The minimum absolute atomic E-state index is 0.167. The van der Waals surface area contributed by atoms with Crippen molar-refractivity contribution >= 4 is 5.97 Å². The molecular weight excluding hydrogens is 144 g/mol. The van der Waals surface area contributed by atoms with Crippen LogP contribution in [0.1, 0.15) is 13.8 Å². The molecule has 0 saturated heterocycles. The molecule has 0 aliphatic carbocycles. The van der Waals surface area contributed by atoms with Gasteiger partial charge in [-0.2, -0.15) is 5.26 Å². The highest BCUT2D eigenvalue weighted by Gasteiger charge is 2.11. The Hall–Kier alpha value is -1.08. The molecule has 1 atom stereocenters. The lowest BCUT2D eigenvalue weighted by atomic mass is 10.3. The third-order valence-corrected chi connectivity index (χ3v) is 1.13. The summed E-state index contributed by atoms with van der Waals surface area (Å²) in [6.45, 7) is 3.95. The molecule has 0 rings (SSSR count). The number of nitrogens with zero attached hydrogens (tertiary/aromatic N) is 1. The highest BCUT2D eigenvalue weighted by molar-refractivity contribution is 5.75. The van der Waals surface area contributed by atoms with Crippen molar-refractivity contribution in [3.63, 3.8) is 0 Å². The topological polar surface area (TPSA) is 62.1 Å². The Labute approximate surface area is 66.1 Å². The summed E-state index contributed by atoms with van der Waals surface area (Å²) < 4.78 is 4.69. The first-order valence-electron chi connectivity index (χ1n) is 3.49. The lowest BCUT2D eigenvalue weighted by molar-refractivity contribution is -0.145. The van der Waals surface area contributed by atoms with Gasteiger partial charge in [0.15, 0.2) is 0 Å². The maximum absolute atomic E-state index is 10.9. The zero-order valence-corrected chi connectivity index (χ0v) is 6.76. The molecule has 62 valence electrons. The summed E-state index contributed by atoms with van der Waals surface area (Å²) in [5, 5.41) is 10.8. The van der Waals surface area contributed by atoms with Crippen molar-refractivity contribution in [3.05, 3.63) is 0 Å². The fraction of sp³-hybridized carbons (Fsp3) is 0.714. The van der Waals surface area contributed by atoms with Gasteiger partial charge in [-0.05, 0) is 13.8 Å². The quantitative estimate of drug-likeness (QED) is 0.461. The van der Waals surface area contributed by atoms with Crippen LogP contribution in [0.25, 0.3) is 0 Å². The number of rotatable bonds is 4. The second kappa shape index (κ2) is 5.69.